The molecule has 5 heteroatoms. The second-order valence-corrected chi connectivity index (χ2v) is 2.51. The Hall–Kier alpha value is 0.110. The van der Waals surface area contributed by atoms with E-state index in [4.69, 9.17) is 9.79 Å². The molecule has 0 unspecified atom stereocenters. The van der Waals surface area contributed by atoms with E-state index in [2.05, 4.69) is 0 Å². The zero-order chi connectivity index (χ0) is 4.50. The molecule has 4 nitrogen and oxygen atoms in total. The molecule has 6 heavy (non-hydrogen) atoms. The van der Waals surface area contributed by atoms with Crippen LogP contribution in [0.2, 0.25) is 0 Å². The molecule has 0 aliphatic carbocycles. The Morgan fingerprint density at radius 1 is 1.50 bits per heavy atom. The van der Waals surface area contributed by atoms with Crippen LogP contribution in [-0.2, 0) is 4.57 Å². The maximum absolute atomic E-state index is 9.33. The third-order valence-electron chi connectivity index (χ3n) is 0. The van der Waals surface area contributed by atoms with Crippen LogP contribution in [-0.4, -0.2) is 16.5 Å². The Labute approximate surface area is 35.9 Å². The summed E-state index contributed by atoms with van der Waals surface area (Å²) in [7, 11) is -3.64. The molecule has 0 amide bonds. The minimum atomic E-state index is -3.64. The van der Waals surface area contributed by atoms with Gasteiger partial charge in [-0.05, 0) is 0 Å². The molecule has 0 fully saturated rings. The van der Waals surface area contributed by atoms with Gasteiger partial charge < -0.3 is 15.9 Å². The van der Waals surface area contributed by atoms with E-state index in [0.29, 0.717) is 0 Å². The normalized spacial score (nSPS) is 9.83. The lowest BCUT2D eigenvalue weighted by Crippen LogP contribution is -1.64. The summed E-state index contributed by atoms with van der Waals surface area (Å²) in [6.07, 6.45) is 0. The first kappa shape index (κ1) is 9.44. The van der Waals surface area contributed by atoms with Crippen molar-refractivity contribution in [1.29, 1.82) is 0 Å². The van der Waals surface area contributed by atoms with Gasteiger partial charge in [0.1, 0.15) is 0 Å². The Balaban J connectivity index is 0. The van der Waals surface area contributed by atoms with Crippen molar-refractivity contribution >= 4 is 7.60 Å². The second kappa shape index (κ2) is 2.31. The monoisotopic (exact) mass is 113 g/mol. The van der Waals surface area contributed by atoms with Gasteiger partial charge in [-0.1, -0.05) is 0 Å². The fourth-order valence-electron chi connectivity index (χ4n) is 0. The zero-order valence-electron chi connectivity index (χ0n) is 3.46. The number of hydrogen-bond acceptors (Lipinski definition) is 2. The van der Waals surface area contributed by atoms with Crippen LogP contribution in [0.25, 0.3) is 0 Å². The minimum Gasteiger partial charge on any atom is -0.344 e. The van der Waals surface area contributed by atoms with Gasteiger partial charge in [0.05, 0.1) is 0 Å². The number of rotatable bonds is 0. The minimum absolute atomic E-state index is 0. The highest BCUT2D eigenvalue weighted by Gasteiger charge is 1.95. The molecule has 40 valence electrons. The quantitative estimate of drug-likeness (QED) is 0.384. The highest BCUT2D eigenvalue weighted by atomic mass is 31.2. The number of hydrogen-bond donors (Lipinski definition) is 3. The van der Waals surface area contributed by atoms with Crippen LogP contribution in [0.4, 0.5) is 0 Å². The largest absolute Gasteiger partial charge is 0.344 e. The molecule has 0 saturated heterocycles. The van der Waals surface area contributed by atoms with Crippen molar-refractivity contribution in [2.45, 2.75) is 0 Å². The Bertz CT molecular complexity index is 56.9. The van der Waals surface area contributed by atoms with E-state index in [1.165, 1.54) is 0 Å². The van der Waals surface area contributed by atoms with Crippen LogP contribution < -0.4 is 6.15 Å². The topological polar surface area (TPSA) is 92.5 Å². The third kappa shape index (κ3) is 3290. The van der Waals surface area contributed by atoms with E-state index < -0.39 is 7.60 Å². The predicted octanol–water partition coefficient (Wildman–Crippen LogP) is -0.0441. The second-order valence-electron chi connectivity index (χ2n) is 0.835. The van der Waals surface area contributed by atoms with Gasteiger partial charge in [-0.3, -0.25) is 4.57 Å². The van der Waals surface area contributed by atoms with Gasteiger partial charge in [0.15, 0.2) is 0 Å². The summed E-state index contributed by atoms with van der Waals surface area (Å²) < 4.78 is 9.33. The van der Waals surface area contributed by atoms with E-state index in [1.807, 2.05) is 0 Å². The van der Waals surface area contributed by atoms with Crippen molar-refractivity contribution in [2.24, 2.45) is 0 Å². The summed E-state index contributed by atoms with van der Waals surface area (Å²) in [5.41, 5.74) is 0. The van der Waals surface area contributed by atoms with E-state index in [-0.39, 0.29) is 6.15 Å². The molecule has 0 aromatic rings. The molecule has 0 heterocycles. The van der Waals surface area contributed by atoms with Gasteiger partial charge in [-0.2, -0.15) is 0 Å². The lowest BCUT2D eigenvalue weighted by Gasteiger charge is -1.84. The maximum Gasteiger partial charge on any atom is 0.322 e. The fourth-order valence-corrected chi connectivity index (χ4v) is 0. The molecule has 0 aromatic carbocycles. The average molecular weight is 113 g/mol. The van der Waals surface area contributed by atoms with Gasteiger partial charge in [0.25, 0.3) is 0 Å². The molecule has 0 aromatic heterocycles. The van der Waals surface area contributed by atoms with Crippen LogP contribution in [0.15, 0.2) is 0 Å². The van der Waals surface area contributed by atoms with Gasteiger partial charge in [0.2, 0.25) is 0 Å². The molecule has 5 N–H and O–H groups in total. The summed E-state index contributed by atoms with van der Waals surface area (Å²) in [4.78, 5) is 15.3. The van der Waals surface area contributed by atoms with Gasteiger partial charge in [-0.25, -0.2) is 0 Å². The van der Waals surface area contributed by atoms with E-state index in [1.54, 1.807) is 0 Å². The highest BCUT2D eigenvalue weighted by molar-refractivity contribution is 7.50. The molecule has 0 atom stereocenters. The average Bonchev–Trinajstić information content (AvgIpc) is 0.722. The molecular formula is CH8NO3P. The first-order valence-electron chi connectivity index (χ1n) is 1.03. The fraction of sp³-hybridized carbons (Fsp3) is 1.00. The van der Waals surface area contributed by atoms with Gasteiger partial charge in [-0.15, -0.1) is 0 Å². The van der Waals surface area contributed by atoms with Crippen molar-refractivity contribution < 1.29 is 14.4 Å². The first-order valence-corrected chi connectivity index (χ1v) is 3.09. The summed E-state index contributed by atoms with van der Waals surface area (Å²) in [6, 6.07) is 0. The van der Waals surface area contributed by atoms with Crippen molar-refractivity contribution in [1.82, 2.24) is 6.15 Å². The van der Waals surface area contributed by atoms with E-state index in [9.17, 15) is 4.57 Å². The van der Waals surface area contributed by atoms with Crippen LogP contribution in [0, 0.1) is 0 Å². The Morgan fingerprint density at radius 2 is 1.50 bits per heavy atom. The Kier molecular flexibility index (Phi) is 3.64. The van der Waals surface area contributed by atoms with Crippen molar-refractivity contribution in [3.63, 3.8) is 0 Å². The van der Waals surface area contributed by atoms with Crippen LogP contribution in [0.1, 0.15) is 0 Å². The molecule has 0 rings (SSSR count). The Morgan fingerprint density at radius 3 is 1.50 bits per heavy atom. The predicted molar refractivity (Wildman–Crippen MR) is 23.0 cm³/mol. The maximum atomic E-state index is 9.33. The molecule has 0 bridgehead atoms. The van der Waals surface area contributed by atoms with Gasteiger partial charge >= 0.3 is 7.60 Å². The molecule has 0 aliphatic rings. The molecule has 0 aliphatic heterocycles. The lowest BCUT2D eigenvalue weighted by molar-refractivity contribution is 0.381. The SMILES string of the molecule is CP(=O)(O)O.N. The zero-order valence-corrected chi connectivity index (χ0v) is 4.35. The van der Waals surface area contributed by atoms with Crippen LogP contribution in [0.3, 0.4) is 0 Å². The van der Waals surface area contributed by atoms with Crippen LogP contribution >= 0.6 is 7.60 Å². The lowest BCUT2D eigenvalue weighted by atomic mass is 12.0. The highest BCUT2D eigenvalue weighted by Crippen LogP contribution is 2.26. The van der Waals surface area contributed by atoms with E-state index >= 15 is 0 Å². The van der Waals surface area contributed by atoms with Crippen molar-refractivity contribution in [3.05, 3.63) is 0 Å². The van der Waals surface area contributed by atoms with E-state index in [0.717, 1.165) is 6.66 Å². The molecular weight excluding hydrogens is 105 g/mol. The smallest absolute Gasteiger partial charge is 0.322 e. The van der Waals surface area contributed by atoms with Gasteiger partial charge in [0, 0.05) is 6.66 Å². The summed E-state index contributed by atoms with van der Waals surface area (Å²) in [5.74, 6) is 0. The van der Waals surface area contributed by atoms with Crippen LogP contribution in [0.5, 0.6) is 0 Å². The summed E-state index contributed by atoms with van der Waals surface area (Å²) in [5, 5.41) is 0. The van der Waals surface area contributed by atoms with Crippen molar-refractivity contribution in [2.75, 3.05) is 6.66 Å². The first-order chi connectivity index (χ1) is 2.00. The molecule has 0 radical (unpaired) electrons. The standard InChI is InChI=1S/CH5O3P.H3N/c1-5(2,3)4;/h1H3,(H2,2,3,4);1H3. The van der Waals surface area contributed by atoms with Crippen molar-refractivity contribution in [3.8, 4) is 0 Å². The molecule has 0 saturated carbocycles. The summed E-state index contributed by atoms with van der Waals surface area (Å²) in [6.45, 7) is 0.854. The summed E-state index contributed by atoms with van der Waals surface area (Å²) >= 11 is 0. The third-order valence-corrected chi connectivity index (χ3v) is 0. The molecule has 0 spiro atoms.